The van der Waals surface area contributed by atoms with Crippen LogP contribution >= 0.6 is 0 Å². The first kappa shape index (κ1) is 17.0. The topological polar surface area (TPSA) is 67.2 Å². The van der Waals surface area contributed by atoms with E-state index in [0.717, 1.165) is 5.69 Å². The quantitative estimate of drug-likeness (QED) is 0.648. The number of aromatic nitrogens is 1. The van der Waals surface area contributed by atoms with E-state index < -0.39 is 0 Å². The second-order valence-electron chi connectivity index (χ2n) is 7.72. The van der Waals surface area contributed by atoms with Crippen LogP contribution in [0.1, 0.15) is 59.3 Å². The highest BCUT2D eigenvalue weighted by molar-refractivity contribution is 6.02. The van der Waals surface area contributed by atoms with Gasteiger partial charge in [0.2, 0.25) is 0 Å². The Morgan fingerprint density at radius 3 is 2.79 bits per heavy atom. The van der Waals surface area contributed by atoms with Crippen LogP contribution in [0.2, 0.25) is 0 Å². The van der Waals surface area contributed by atoms with Crippen molar-refractivity contribution in [1.29, 1.82) is 0 Å². The highest BCUT2D eigenvalue weighted by Gasteiger charge is 2.38. The number of hydrogen-bond acceptors (Lipinski definition) is 4. The fourth-order valence-corrected chi connectivity index (χ4v) is 4.81. The van der Waals surface area contributed by atoms with Crippen LogP contribution in [-0.4, -0.2) is 10.9 Å². The van der Waals surface area contributed by atoms with Gasteiger partial charge in [-0.3, -0.25) is 4.79 Å². The monoisotopic (exact) mass is 373 g/mol. The van der Waals surface area contributed by atoms with Gasteiger partial charge in [-0.1, -0.05) is 43.2 Å². The lowest BCUT2D eigenvalue weighted by molar-refractivity contribution is 0.102. The Morgan fingerprint density at radius 2 is 1.96 bits per heavy atom. The fraction of sp³-hybridized carbons (Fsp3) is 0.304. The van der Waals surface area contributed by atoms with Crippen molar-refractivity contribution in [2.24, 2.45) is 5.92 Å². The van der Waals surface area contributed by atoms with Gasteiger partial charge in [0, 0.05) is 11.4 Å². The van der Waals surface area contributed by atoms with Gasteiger partial charge in [-0.2, -0.15) is 0 Å². The molecule has 1 saturated carbocycles. The van der Waals surface area contributed by atoms with Crippen LogP contribution in [-0.2, 0) is 0 Å². The molecule has 1 aliphatic carbocycles. The SMILES string of the molecule is O=C(Nc1ccc2c(c1)C1CCCCC1C(c1ccccc1)N2)c1cocn1. The number of nitrogens with one attached hydrogen (secondary N) is 2. The Bertz CT molecular complexity index is 969. The van der Waals surface area contributed by atoms with E-state index in [4.69, 9.17) is 4.42 Å². The van der Waals surface area contributed by atoms with E-state index in [0.29, 0.717) is 17.9 Å². The molecule has 3 aromatic rings. The highest BCUT2D eigenvalue weighted by atomic mass is 16.3. The molecule has 5 heteroatoms. The largest absolute Gasteiger partial charge is 0.451 e. The first-order valence-electron chi connectivity index (χ1n) is 9.94. The summed E-state index contributed by atoms with van der Waals surface area (Å²) >= 11 is 0. The predicted octanol–water partition coefficient (Wildman–Crippen LogP) is 5.37. The molecule has 0 bridgehead atoms. The second-order valence-corrected chi connectivity index (χ2v) is 7.72. The normalized spacial score (nSPS) is 23.2. The van der Waals surface area contributed by atoms with Gasteiger partial charge < -0.3 is 15.1 Å². The van der Waals surface area contributed by atoms with Crippen molar-refractivity contribution in [2.45, 2.75) is 37.6 Å². The molecule has 1 aliphatic heterocycles. The van der Waals surface area contributed by atoms with Crippen molar-refractivity contribution >= 4 is 17.3 Å². The van der Waals surface area contributed by atoms with Crippen molar-refractivity contribution in [2.75, 3.05) is 10.6 Å². The first-order valence-corrected chi connectivity index (χ1v) is 9.94. The third kappa shape index (κ3) is 3.07. The molecule has 1 amide bonds. The predicted molar refractivity (Wildman–Crippen MR) is 108 cm³/mol. The molecular weight excluding hydrogens is 350 g/mol. The smallest absolute Gasteiger partial charge is 0.277 e. The Kier molecular flexibility index (Phi) is 4.35. The van der Waals surface area contributed by atoms with Crippen LogP contribution < -0.4 is 10.6 Å². The van der Waals surface area contributed by atoms with E-state index in [9.17, 15) is 4.79 Å². The summed E-state index contributed by atoms with van der Waals surface area (Å²) in [5.74, 6) is 0.837. The number of nitrogens with zero attached hydrogens (tertiary/aromatic N) is 1. The van der Waals surface area contributed by atoms with Crippen molar-refractivity contribution in [1.82, 2.24) is 4.98 Å². The average molecular weight is 373 g/mol. The van der Waals surface area contributed by atoms with Crippen LogP contribution in [0.3, 0.4) is 0 Å². The van der Waals surface area contributed by atoms with Gasteiger partial charge in [0.05, 0.1) is 6.04 Å². The molecule has 2 aromatic carbocycles. The molecule has 2 heterocycles. The summed E-state index contributed by atoms with van der Waals surface area (Å²) in [7, 11) is 0. The zero-order chi connectivity index (χ0) is 18.9. The third-order valence-electron chi connectivity index (χ3n) is 6.09. The molecule has 1 fully saturated rings. The van der Waals surface area contributed by atoms with Gasteiger partial charge in [0.25, 0.3) is 5.91 Å². The maximum Gasteiger partial charge on any atom is 0.277 e. The summed E-state index contributed by atoms with van der Waals surface area (Å²) in [5, 5.41) is 6.72. The molecule has 1 aromatic heterocycles. The maximum absolute atomic E-state index is 12.3. The first-order chi connectivity index (χ1) is 13.8. The molecule has 5 rings (SSSR count). The molecule has 28 heavy (non-hydrogen) atoms. The number of hydrogen-bond donors (Lipinski definition) is 2. The van der Waals surface area contributed by atoms with E-state index in [2.05, 4.69) is 58.1 Å². The van der Waals surface area contributed by atoms with E-state index in [1.165, 1.54) is 55.2 Å². The molecule has 2 N–H and O–H groups in total. The van der Waals surface area contributed by atoms with Crippen LogP contribution in [0.25, 0.3) is 0 Å². The number of oxazole rings is 1. The lowest BCUT2D eigenvalue weighted by Crippen LogP contribution is -2.33. The van der Waals surface area contributed by atoms with Crippen molar-refractivity contribution < 1.29 is 9.21 Å². The molecule has 0 radical (unpaired) electrons. The summed E-state index contributed by atoms with van der Waals surface area (Å²) in [4.78, 5) is 16.2. The van der Waals surface area contributed by atoms with Crippen LogP contribution in [0.4, 0.5) is 11.4 Å². The fourth-order valence-electron chi connectivity index (χ4n) is 4.81. The van der Waals surface area contributed by atoms with E-state index in [1.54, 1.807) is 0 Å². The Morgan fingerprint density at radius 1 is 1.11 bits per heavy atom. The zero-order valence-electron chi connectivity index (χ0n) is 15.6. The number of amides is 1. The lowest BCUT2D eigenvalue weighted by Gasteiger charge is -2.44. The van der Waals surface area contributed by atoms with Crippen molar-refractivity contribution in [3.05, 3.63) is 78.0 Å². The number of carbonyl (C=O) groups excluding carboxylic acids is 1. The van der Waals surface area contributed by atoms with Crippen molar-refractivity contribution in [3.63, 3.8) is 0 Å². The summed E-state index contributed by atoms with van der Waals surface area (Å²) in [6.07, 6.45) is 7.59. The Hall–Kier alpha value is -3.08. The minimum Gasteiger partial charge on any atom is -0.451 e. The molecule has 2 aliphatic rings. The molecule has 0 saturated heterocycles. The zero-order valence-corrected chi connectivity index (χ0v) is 15.6. The van der Waals surface area contributed by atoms with Gasteiger partial charge in [-0.25, -0.2) is 4.98 Å². The van der Waals surface area contributed by atoms with Crippen molar-refractivity contribution in [3.8, 4) is 0 Å². The number of anilines is 2. The minimum atomic E-state index is -0.250. The number of carbonyl (C=O) groups is 1. The molecule has 3 unspecified atom stereocenters. The number of fused-ring (bicyclic) bond motifs is 3. The van der Waals surface area contributed by atoms with Crippen LogP contribution in [0.5, 0.6) is 0 Å². The average Bonchev–Trinajstić information content (AvgIpc) is 3.29. The van der Waals surface area contributed by atoms with E-state index in [1.807, 2.05) is 6.07 Å². The van der Waals surface area contributed by atoms with E-state index >= 15 is 0 Å². The molecule has 142 valence electrons. The van der Waals surface area contributed by atoms with Gasteiger partial charge >= 0.3 is 0 Å². The second kappa shape index (κ2) is 7.15. The standard InChI is InChI=1S/C23H23N3O2/c27-23(21-13-28-14-24-21)25-16-10-11-20-19(12-16)17-8-4-5-9-18(17)22(26-20)15-6-2-1-3-7-15/h1-3,6-7,10-14,17-18,22,26H,4-5,8-9H2,(H,25,27). The Balaban J connectivity index is 1.46. The minimum absolute atomic E-state index is 0.250. The summed E-state index contributed by atoms with van der Waals surface area (Å²) in [6, 6.07) is 17.3. The summed E-state index contributed by atoms with van der Waals surface area (Å²) in [5.41, 5.74) is 4.94. The molecular formula is C23H23N3O2. The van der Waals surface area contributed by atoms with Gasteiger partial charge in [0.1, 0.15) is 6.26 Å². The number of rotatable bonds is 3. The van der Waals surface area contributed by atoms with Gasteiger partial charge in [0.15, 0.2) is 12.1 Å². The van der Waals surface area contributed by atoms with Gasteiger partial charge in [-0.05, 0) is 54.0 Å². The van der Waals surface area contributed by atoms with Crippen LogP contribution in [0.15, 0.2) is 65.6 Å². The Labute approximate surface area is 164 Å². The molecule has 5 nitrogen and oxygen atoms in total. The number of benzene rings is 2. The summed E-state index contributed by atoms with van der Waals surface area (Å²) < 4.78 is 4.91. The van der Waals surface area contributed by atoms with Crippen LogP contribution in [0, 0.1) is 5.92 Å². The van der Waals surface area contributed by atoms with E-state index in [-0.39, 0.29) is 11.6 Å². The maximum atomic E-state index is 12.3. The summed E-state index contributed by atoms with van der Waals surface area (Å²) in [6.45, 7) is 0. The highest BCUT2D eigenvalue weighted by Crippen LogP contribution is 2.51. The third-order valence-corrected chi connectivity index (χ3v) is 6.09. The molecule has 0 spiro atoms. The molecule has 3 atom stereocenters. The van der Waals surface area contributed by atoms with Gasteiger partial charge in [-0.15, -0.1) is 0 Å². The lowest BCUT2D eigenvalue weighted by atomic mass is 9.68.